The van der Waals surface area contributed by atoms with Crippen LogP contribution in [0.5, 0.6) is 0 Å². The summed E-state index contributed by atoms with van der Waals surface area (Å²) in [5, 5.41) is 3.67. The van der Waals surface area contributed by atoms with Gasteiger partial charge in [-0.15, -0.1) is 0 Å². The van der Waals surface area contributed by atoms with Crippen molar-refractivity contribution in [2.75, 3.05) is 39.4 Å². The van der Waals surface area contributed by atoms with Crippen molar-refractivity contribution in [3.63, 3.8) is 0 Å². The van der Waals surface area contributed by atoms with Crippen molar-refractivity contribution in [2.24, 2.45) is 0 Å². The predicted octanol–water partition coefficient (Wildman–Crippen LogP) is 1.60. The Labute approximate surface area is 111 Å². The van der Waals surface area contributed by atoms with E-state index in [1.165, 1.54) is 12.8 Å². The minimum absolute atomic E-state index is 0.211. The van der Waals surface area contributed by atoms with E-state index in [1.54, 1.807) is 0 Å². The fourth-order valence-electron chi connectivity index (χ4n) is 3.01. The molecule has 1 saturated heterocycles. The van der Waals surface area contributed by atoms with E-state index in [-0.39, 0.29) is 5.79 Å². The van der Waals surface area contributed by atoms with Gasteiger partial charge in [-0.1, -0.05) is 13.8 Å². The maximum atomic E-state index is 5.75. The van der Waals surface area contributed by atoms with Gasteiger partial charge < -0.3 is 19.7 Å². The summed E-state index contributed by atoms with van der Waals surface area (Å²) in [5.74, 6) is -0.211. The highest BCUT2D eigenvalue weighted by atomic mass is 16.7. The van der Waals surface area contributed by atoms with Gasteiger partial charge in [0.15, 0.2) is 5.79 Å². The monoisotopic (exact) mass is 256 g/mol. The number of nitrogens with one attached hydrogen (secondary N) is 1. The van der Waals surface area contributed by atoms with Gasteiger partial charge in [0.1, 0.15) is 0 Å². The van der Waals surface area contributed by atoms with Gasteiger partial charge in [0, 0.05) is 32.0 Å². The van der Waals surface area contributed by atoms with Gasteiger partial charge in [0.2, 0.25) is 0 Å². The molecule has 1 spiro atoms. The molecule has 0 aromatic rings. The maximum Gasteiger partial charge on any atom is 0.168 e. The topological polar surface area (TPSA) is 33.7 Å². The van der Waals surface area contributed by atoms with Gasteiger partial charge in [-0.2, -0.15) is 0 Å². The lowest BCUT2D eigenvalue weighted by molar-refractivity contribution is -0.179. The molecule has 18 heavy (non-hydrogen) atoms. The van der Waals surface area contributed by atoms with Crippen LogP contribution < -0.4 is 5.32 Å². The zero-order valence-corrected chi connectivity index (χ0v) is 11.9. The Morgan fingerprint density at radius 2 is 1.72 bits per heavy atom. The molecule has 4 heteroatoms. The highest BCUT2D eigenvalue weighted by Gasteiger charge is 2.39. The summed E-state index contributed by atoms with van der Waals surface area (Å²) in [6.07, 6.45) is 4.46. The molecule has 0 radical (unpaired) electrons. The van der Waals surface area contributed by atoms with Crippen molar-refractivity contribution in [3.05, 3.63) is 0 Å². The molecule has 4 nitrogen and oxygen atoms in total. The van der Waals surface area contributed by atoms with E-state index >= 15 is 0 Å². The number of rotatable bonds is 6. The van der Waals surface area contributed by atoms with E-state index < -0.39 is 0 Å². The van der Waals surface area contributed by atoms with Crippen molar-refractivity contribution in [3.8, 4) is 0 Å². The van der Waals surface area contributed by atoms with Crippen LogP contribution in [0.1, 0.15) is 39.5 Å². The molecule has 0 bridgehead atoms. The van der Waals surface area contributed by atoms with Crippen molar-refractivity contribution in [2.45, 2.75) is 51.4 Å². The molecule has 1 aliphatic carbocycles. The number of ether oxygens (including phenoxy) is 2. The van der Waals surface area contributed by atoms with E-state index in [0.717, 1.165) is 52.2 Å². The van der Waals surface area contributed by atoms with Gasteiger partial charge in [0.05, 0.1) is 13.2 Å². The summed E-state index contributed by atoms with van der Waals surface area (Å²) in [4.78, 5) is 2.46. The Hall–Kier alpha value is -0.160. The molecule has 0 amide bonds. The van der Waals surface area contributed by atoms with E-state index in [0.29, 0.717) is 6.04 Å². The fourth-order valence-corrected chi connectivity index (χ4v) is 3.01. The first-order valence-corrected chi connectivity index (χ1v) is 7.51. The minimum Gasteiger partial charge on any atom is -0.348 e. The first kappa shape index (κ1) is 14.3. The maximum absolute atomic E-state index is 5.75. The summed E-state index contributed by atoms with van der Waals surface area (Å²) in [5.41, 5.74) is 0. The van der Waals surface area contributed by atoms with Gasteiger partial charge >= 0.3 is 0 Å². The van der Waals surface area contributed by atoms with E-state index in [4.69, 9.17) is 9.47 Å². The SMILES string of the molecule is CCN(CC)CCNC1CCC2(CC1)OCCO2. The Morgan fingerprint density at radius 1 is 1.11 bits per heavy atom. The molecule has 106 valence electrons. The van der Waals surface area contributed by atoms with Crippen LogP contribution >= 0.6 is 0 Å². The number of nitrogens with zero attached hydrogens (tertiary/aromatic N) is 1. The molecular formula is C14H28N2O2. The summed E-state index contributed by atoms with van der Waals surface area (Å²) in [6.45, 7) is 10.6. The van der Waals surface area contributed by atoms with Crippen LogP contribution in [0.3, 0.4) is 0 Å². The average Bonchev–Trinajstić information content (AvgIpc) is 2.86. The summed E-state index contributed by atoms with van der Waals surface area (Å²) >= 11 is 0. The quantitative estimate of drug-likeness (QED) is 0.783. The van der Waals surface area contributed by atoms with Crippen molar-refractivity contribution in [1.82, 2.24) is 10.2 Å². The summed E-state index contributed by atoms with van der Waals surface area (Å²) in [6, 6.07) is 0.652. The lowest BCUT2D eigenvalue weighted by Gasteiger charge is -2.36. The third-order valence-corrected chi connectivity index (χ3v) is 4.32. The van der Waals surface area contributed by atoms with Crippen LogP contribution in [0.25, 0.3) is 0 Å². The van der Waals surface area contributed by atoms with Gasteiger partial charge in [-0.05, 0) is 25.9 Å². The standard InChI is InChI=1S/C14H28N2O2/c1-3-16(4-2)10-9-15-13-5-7-14(8-6-13)17-11-12-18-14/h13,15H,3-12H2,1-2H3. The van der Waals surface area contributed by atoms with E-state index in [1.807, 2.05) is 0 Å². The zero-order valence-electron chi connectivity index (χ0n) is 11.9. The molecule has 2 aliphatic rings. The molecule has 0 aromatic heterocycles. The predicted molar refractivity (Wildman–Crippen MR) is 72.7 cm³/mol. The second-order valence-electron chi connectivity index (χ2n) is 5.36. The molecule has 1 N–H and O–H groups in total. The van der Waals surface area contributed by atoms with Crippen LogP contribution in [0, 0.1) is 0 Å². The van der Waals surface area contributed by atoms with Crippen LogP contribution in [-0.4, -0.2) is 56.1 Å². The van der Waals surface area contributed by atoms with Crippen molar-refractivity contribution in [1.29, 1.82) is 0 Å². The molecule has 0 atom stereocenters. The van der Waals surface area contributed by atoms with Crippen LogP contribution in [0.2, 0.25) is 0 Å². The van der Waals surface area contributed by atoms with Crippen LogP contribution in [-0.2, 0) is 9.47 Å². The Bertz CT molecular complexity index is 228. The lowest BCUT2D eigenvalue weighted by Crippen LogP contribution is -2.44. The summed E-state index contributed by atoms with van der Waals surface area (Å²) < 4.78 is 11.5. The molecule has 0 aromatic carbocycles. The highest BCUT2D eigenvalue weighted by molar-refractivity contribution is 4.85. The van der Waals surface area contributed by atoms with Crippen LogP contribution in [0.15, 0.2) is 0 Å². The zero-order chi connectivity index (χ0) is 12.8. The average molecular weight is 256 g/mol. The van der Waals surface area contributed by atoms with Crippen LogP contribution in [0.4, 0.5) is 0 Å². The first-order valence-electron chi connectivity index (χ1n) is 7.51. The van der Waals surface area contributed by atoms with Crippen molar-refractivity contribution < 1.29 is 9.47 Å². The van der Waals surface area contributed by atoms with Gasteiger partial charge in [-0.25, -0.2) is 0 Å². The van der Waals surface area contributed by atoms with Gasteiger partial charge in [0.25, 0.3) is 0 Å². The Morgan fingerprint density at radius 3 is 2.28 bits per heavy atom. The number of hydrogen-bond donors (Lipinski definition) is 1. The van der Waals surface area contributed by atoms with E-state index in [9.17, 15) is 0 Å². The van der Waals surface area contributed by atoms with Gasteiger partial charge in [-0.3, -0.25) is 0 Å². The molecule has 2 rings (SSSR count). The number of likely N-dealkylation sites (N-methyl/N-ethyl adjacent to an activating group) is 1. The smallest absolute Gasteiger partial charge is 0.168 e. The minimum atomic E-state index is -0.211. The third kappa shape index (κ3) is 3.67. The molecule has 1 heterocycles. The normalized spacial score (nSPS) is 24.2. The molecule has 2 fully saturated rings. The summed E-state index contributed by atoms with van der Waals surface area (Å²) in [7, 11) is 0. The molecule has 0 unspecified atom stereocenters. The first-order chi connectivity index (χ1) is 8.78. The Kier molecular flexibility index (Phi) is 5.42. The lowest BCUT2D eigenvalue weighted by atomic mass is 9.90. The second-order valence-corrected chi connectivity index (χ2v) is 5.36. The number of hydrogen-bond acceptors (Lipinski definition) is 4. The largest absolute Gasteiger partial charge is 0.348 e. The van der Waals surface area contributed by atoms with E-state index in [2.05, 4.69) is 24.1 Å². The molecule has 1 saturated carbocycles. The van der Waals surface area contributed by atoms with Crippen molar-refractivity contribution >= 4 is 0 Å². The fraction of sp³-hybridized carbons (Fsp3) is 1.00. The highest BCUT2D eigenvalue weighted by Crippen LogP contribution is 2.35. The molecular weight excluding hydrogens is 228 g/mol. The molecule has 1 aliphatic heterocycles. The Balaban J connectivity index is 1.61. The second kappa shape index (κ2) is 6.85. The third-order valence-electron chi connectivity index (χ3n) is 4.32.